The van der Waals surface area contributed by atoms with Crippen LogP contribution in [0.15, 0.2) is 60.9 Å². The van der Waals surface area contributed by atoms with Crippen molar-refractivity contribution in [2.45, 2.75) is 32.9 Å². The van der Waals surface area contributed by atoms with Gasteiger partial charge in [-0.25, -0.2) is 9.67 Å². The monoisotopic (exact) mass is 403 g/mol. The highest BCUT2D eigenvalue weighted by Crippen LogP contribution is 2.19. The largest absolute Gasteiger partial charge is 0.497 e. The van der Waals surface area contributed by atoms with Gasteiger partial charge in [0.15, 0.2) is 0 Å². The molecule has 1 amide bonds. The number of carbonyl (C=O) groups is 1. The van der Waals surface area contributed by atoms with Crippen molar-refractivity contribution < 1.29 is 9.53 Å². The molecule has 0 saturated carbocycles. The van der Waals surface area contributed by atoms with Gasteiger partial charge in [0, 0.05) is 30.8 Å². The molecule has 4 rings (SSSR count). The molecular weight excluding hydrogens is 378 g/mol. The van der Waals surface area contributed by atoms with E-state index in [1.807, 2.05) is 68.6 Å². The molecule has 7 nitrogen and oxygen atoms in total. The van der Waals surface area contributed by atoms with Gasteiger partial charge >= 0.3 is 0 Å². The molecule has 2 heterocycles. The number of ether oxygens (including phenoxy) is 1. The van der Waals surface area contributed by atoms with Crippen LogP contribution in [0, 0.1) is 6.92 Å². The number of rotatable bonds is 7. The van der Waals surface area contributed by atoms with Crippen LogP contribution in [0.4, 0.5) is 0 Å². The van der Waals surface area contributed by atoms with Crippen LogP contribution in [0.2, 0.25) is 0 Å². The summed E-state index contributed by atoms with van der Waals surface area (Å²) in [5, 5.41) is 7.48. The van der Waals surface area contributed by atoms with Gasteiger partial charge in [0.2, 0.25) is 5.91 Å². The molecule has 0 aliphatic heterocycles. The second kappa shape index (κ2) is 8.41. The summed E-state index contributed by atoms with van der Waals surface area (Å²) < 4.78 is 9.13. The lowest BCUT2D eigenvalue weighted by atomic mass is 10.2. The number of benzene rings is 2. The van der Waals surface area contributed by atoms with Crippen molar-refractivity contribution in [3.63, 3.8) is 0 Å². The number of hydrogen-bond acceptors (Lipinski definition) is 4. The minimum atomic E-state index is -0.141. The first kappa shape index (κ1) is 19.7. The van der Waals surface area contributed by atoms with Crippen molar-refractivity contribution in [1.82, 2.24) is 24.6 Å². The van der Waals surface area contributed by atoms with Crippen LogP contribution < -0.4 is 10.1 Å². The highest BCUT2D eigenvalue weighted by Gasteiger charge is 2.14. The average molecular weight is 403 g/mol. The second-order valence-corrected chi connectivity index (χ2v) is 7.26. The average Bonchev–Trinajstić information content (AvgIpc) is 3.37. The summed E-state index contributed by atoms with van der Waals surface area (Å²) in [6.45, 7) is 4.52. The van der Waals surface area contributed by atoms with Crippen LogP contribution in [0.1, 0.15) is 30.8 Å². The maximum Gasteiger partial charge on any atom is 0.222 e. The summed E-state index contributed by atoms with van der Waals surface area (Å²) in [6, 6.07) is 15.5. The molecule has 0 bridgehead atoms. The summed E-state index contributed by atoms with van der Waals surface area (Å²) in [5.74, 6) is 1.68. The van der Waals surface area contributed by atoms with Crippen LogP contribution in [-0.4, -0.2) is 32.3 Å². The van der Waals surface area contributed by atoms with Gasteiger partial charge in [-0.3, -0.25) is 4.79 Å². The minimum absolute atomic E-state index is 0.00573. The van der Waals surface area contributed by atoms with E-state index in [-0.39, 0.29) is 11.9 Å². The van der Waals surface area contributed by atoms with E-state index in [9.17, 15) is 4.79 Å². The molecule has 0 spiro atoms. The smallest absolute Gasteiger partial charge is 0.222 e. The van der Waals surface area contributed by atoms with E-state index in [4.69, 9.17) is 4.74 Å². The van der Waals surface area contributed by atoms with E-state index >= 15 is 0 Å². The zero-order chi connectivity index (χ0) is 21.1. The predicted octanol–water partition coefficient (Wildman–Crippen LogP) is 3.81. The van der Waals surface area contributed by atoms with E-state index < -0.39 is 0 Å². The number of methoxy groups -OCH3 is 1. The molecule has 4 aromatic rings. The fourth-order valence-corrected chi connectivity index (χ4v) is 3.54. The Hall–Kier alpha value is -3.61. The zero-order valence-electron chi connectivity index (χ0n) is 17.4. The first-order valence-corrected chi connectivity index (χ1v) is 9.95. The zero-order valence-corrected chi connectivity index (χ0v) is 17.4. The molecule has 0 aliphatic rings. The molecule has 154 valence electrons. The Labute approximate surface area is 175 Å². The Morgan fingerprint density at radius 1 is 1.20 bits per heavy atom. The van der Waals surface area contributed by atoms with Crippen molar-refractivity contribution in [3.8, 4) is 11.4 Å². The Morgan fingerprint density at radius 2 is 2.03 bits per heavy atom. The van der Waals surface area contributed by atoms with E-state index in [0.29, 0.717) is 13.0 Å². The minimum Gasteiger partial charge on any atom is -0.497 e. The number of para-hydroxylation sites is 2. The standard InChI is InChI=1S/C23H25N5O2/c1-16(18-14-24-28(15-18)19-7-6-8-20(13-19)30-3)25-23(29)11-12-27-17(2)26-21-9-4-5-10-22(21)27/h4-10,13-16H,11-12H2,1-3H3,(H,25,29). The summed E-state index contributed by atoms with van der Waals surface area (Å²) in [4.78, 5) is 17.1. The molecule has 1 atom stereocenters. The summed E-state index contributed by atoms with van der Waals surface area (Å²) >= 11 is 0. The third-order valence-electron chi connectivity index (χ3n) is 5.21. The van der Waals surface area contributed by atoms with Crippen molar-refractivity contribution >= 4 is 16.9 Å². The van der Waals surface area contributed by atoms with Crippen LogP contribution in [0.5, 0.6) is 5.75 Å². The van der Waals surface area contributed by atoms with Crippen molar-refractivity contribution in [2.75, 3.05) is 7.11 Å². The van der Waals surface area contributed by atoms with Crippen molar-refractivity contribution in [3.05, 3.63) is 72.3 Å². The lowest BCUT2D eigenvalue weighted by Gasteiger charge is -2.13. The number of carbonyl (C=O) groups excluding carboxylic acids is 1. The van der Waals surface area contributed by atoms with Gasteiger partial charge in [-0.2, -0.15) is 5.10 Å². The molecule has 0 radical (unpaired) electrons. The number of aryl methyl sites for hydroxylation is 2. The SMILES string of the molecule is COc1cccc(-n2cc(C(C)NC(=O)CCn3c(C)nc4ccccc43)cn2)c1. The van der Waals surface area contributed by atoms with Gasteiger partial charge in [-0.05, 0) is 38.1 Å². The number of fused-ring (bicyclic) bond motifs is 1. The fraction of sp³-hybridized carbons (Fsp3) is 0.261. The summed E-state index contributed by atoms with van der Waals surface area (Å²) in [6.07, 6.45) is 4.08. The van der Waals surface area contributed by atoms with Gasteiger partial charge in [0.25, 0.3) is 0 Å². The normalized spacial score (nSPS) is 12.1. The second-order valence-electron chi connectivity index (χ2n) is 7.26. The predicted molar refractivity (Wildman–Crippen MR) is 116 cm³/mol. The Balaban J connectivity index is 1.39. The van der Waals surface area contributed by atoms with Gasteiger partial charge < -0.3 is 14.6 Å². The fourth-order valence-electron chi connectivity index (χ4n) is 3.54. The molecule has 30 heavy (non-hydrogen) atoms. The first-order chi connectivity index (χ1) is 14.5. The Bertz CT molecular complexity index is 1180. The number of imidazole rings is 1. The molecule has 0 aliphatic carbocycles. The molecule has 1 N–H and O–H groups in total. The molecule has 0 saturated heterocycles. The van der Waals surface area contributed by atoms with Crippen LogP contribution >= 0.6 is 0 Å². The lowest BCUT2D eigenvalue weighted by molar-refractivity contribution is -0.121. The van der Waals surface area contributed by atoms with E-state index in [2.05, 4.69) is 20.0 Å². The highest BCUT2D eigenvalue weighted by atomic mass is 16.5. The molecular formula is C23H25N5O2. The number of nitrogens with zero attached hydrogens (tertiary/aromatic N) is 4. The maximum absolute atomic E-state index is 12.5. The van der Waals surface area contributed by atoms with Crippen molar-refractivity contribution in [1.29, 1.82) is 0 Å². The topological polar surface area (TPSA) is 74.0 Å². The number of amides is 1. The number of aromatic nitrogens is 4. The van der Waals surface area contributed by atoms with Gasteiger partial charge in [0.05, 0.1) is 36.1 Å². The maximum atomic E-state index is 12.5. The van der Waals surface area contributed by atoms with Crippen LogP contribution in [0.25, 0.3) is 16.7 Å². The third-order valence-corrected chi connectivity index (χ3v) is 5.21. The Kier molecular flexibility index (Phi) is 5.52. The van der Waals surface area contributed by atoms with Gasteiger partial charge in [-0.15, -0.1) is 0 Å². The van der Waals surface area contributed by atoms with Crippen molar-refractivity contribution in [2.24, 2.45) is 0 Å². The van der Waals surface area contributed by atoms with Gasteiger partial charge in [0.1, 0.15) is 11.6 Å². The number of nitrogens with one attached hydrogen (secondary N) is 1. The third kappa shape index (κ3) is 4.05. The lowest BCUT2D eigenvalue weighted by Crippen LogP contribution is -2.27. The number of hydrogen-bond donors (Lipinski definition) is 1. The first-order valence-electron chi connectivity index (χ1n) is 9.95. The highest BCUT2D eigenvalue weighted by molar-refractivity contribution is 5.78. The quantitative estimate of drug-likeness (QED) is 0.509. The van der Waals surface area contributed by atoms with E-state index in [0.717, 1.165) is 33.9 Å². The molecule has 1 unspecified atom stereocenters. The molecule has 2 aromatic carbocycles. The summed E-state index contributed by atoms with van der Waals surface area (Å²) in [5.41, 5.74) is 3.85. The molecule has 0 fully saturated rings. The molecule has 7 heteroatoms. The van der Waals surface area contributed by atoms with Crippen LogP contribution in [-0.2, 0) is 11.3 Å². The van der Waals surface area contributed by atoms with Gasteiger partial charge in [-0.1, -0.05) is 18.2 Å². The Morgan fingerprint density at radius 3 is 2.87 bits per heavy atom. The van der Waals surface area contributed by atoms with E-state index in [1.165, 1.54) is 0 Å². The molecule has 2 aromatic heterocycles. The summed E-state index contributed by atoms with van der Waals surface area (Å²) in [7, 11) is 1.64. The van der Waals surface area contributed by atoms with Crippen LogP contribution in [0.3, 0.4) is 0 Å². The van der Waals surface area contributed by atoms with E-state index in [1.54, 1.807) is 18.0 Å².